The van der Waals surface area contributed by atoms with Crippen LogP contribution in [0.2, 0.25) is 0 Å². The van der Waals surface area contributed by atoms with Crippen molar-refractivity contribution in [3.63, 3.8) is 0 Å². The molecular weight excluding hydrogens is 404 g/mol. The summed E-state index contributed by atoms with van der Waals surface area (Å²) in [5.41, 5.74) is 4.42. The topological polar surface area (TPSA) is 51.2 Å². The Morgan fingerprint density at radius 1 is 1.16 bits per heavy atom. The van der Waals surface area contributed by atoms with Crippen molar-refractivity contribution in [2.75, 3.05) is 5.75 Å². The number of carbonyl (C=O) groups excluding carboxylic acids is 1. The fourth-order valence-corrected chi connectivity index (χ4v) is 5.89. The van der Waals surface area contributed by atoms with E-state index in [1.165, 1.54) is 5.57 Å². The molecule has 0 unspecified atom stereocenters. The first-order valence-electron chi connectivity index (χ1n) is 11.3. The molecule has 0 saturated carbocycles. The summed E-state index contributed by atoms with van der Waals surface area (Å²) in [7, 11) is -3.31. The molecule has 0 N–H and O–H groups in total. The Kier molecular flexibility index (Phi) is 8.65. The van der Waals surface area contributed by atoms with Gasteiger partial charge in [0.1, 0.15) is 6.29 Å². The summed E-state index contributed by atoms with van der Waals surface area (Å²) in [5.74, 6) is 1.17. The first-order chi connectivity index (χ1) is 14.5. The highest BCUT2D eigenvalue weighted by Gasteiger charge is 2.41. The Bertz CT molecular complexity index is 962. The summed E-state index contributed by atoms with van der Waals surface area (Å²) in [6.45, 7) is 12.7. The van der Waals surface area contributed by atoms with Gasteiger partial charge in [0.15, 0.2) is 9.84 Å². The van der Waals surface area contributed by atoms with Crippen molar-refractivity contribution in [3.8, 4) is 0 Å². The van der Waals surface area contributed by atoms with Gasteiger partial charge in [0, 0.05) is 0 Å². The van der Waals surface area contributed by atoms with Crippen LogP contribution in [0.1, 0.15) is 65.9 Å². The van der Waals surface area contributed by atoms with E-state index >= 15 is 0 Å². The van der Waals surface area contributed by atoms with Crippen LogP contribution in [0.5, 0.6) is 0 Å². The van der Waals surface area contributed by atoms with Crippen LogP contribution in [0.4, 0.5) is 0 Å². The van der Waals surface area contributed by atoms with Gasteiger partial charge in [-0.3, -0.25) is 4.79 Å². The Labute approximate surface area is 189 Å². The Hall–Kier alpha value is -1.94. The Balaban J connectivity index is 2.10. The minimum atomic E-state index is -3.31. The lowest BCUT2D eigenvalue weighted by Gasteiger charge is -2.38. The van der Waals surface area contributed by atoms with Crippen LogP contribution in [-0.2, 0) is 14.6 Å². The van der Waals surface area contributed by atoms with E-state index in [1.807, 2.05) is 45.1 Å². The van der Waals surface area contributed by atoms with Gasteiger partial charge in [-0.15, -0.1) is 0 Å². The van der Waals surface area contributed by atoms with E-state index in [2.05, 4.69) is 26.8 Å². The molecule has 31 heavy (non-hydrogen) atoms. The van der Waals surface area contributed by atoms with E-state index in [4.69, 9.17) is 0 Å². The van der Waals surface area contributed by atoms with Gasteiger partial charge in [0.25, 0.3) is 0 Å². The third-order valence-electron chi connectivity index (χ3n) is 6.87. The van der Waals surface area contributed by atoms with E-state index in [-0.39, 0.29) is 11.2 Å². The number of aryl methyl sites for hydroxylation is 1. The van der Waals surface area contributed by atoms with Crippen LogP contribution in [0, 0.1) is 24.2 Å². The monoisotopic (exact) mass is 442 g/mol. The Morgan fingerprint density at radius 3 is 2.39 bits per heavy atom. The molecule has 2 atom stereocenters. The van der Waals surface area contributed by atoms with E-state index in [0.29, 0.717) is 16.7 Å². The molecule has 0 heterocycles. The summed E-state index contributed by atoms with van der Waals surface area (Å²) in [5, 5.41) is 0. The molecule has 0 aromatic heterocycles. The summed E-state index contributed by atoms with van der Waals surface area (Å²) in [4.78, 5) is 11.4. The van der Waals surface area contributed by atoms with Gasteiger partial charge in [-0.1, -0.05) is 67.8 Å². The van der Waals surface area contributed by atoms with Gasteiger partial charge in [-0.25, -0.2) is 8.42 Å². The second-order valence-corrected chi connectivity index (χ2v) is 11.7. The van der Waals surface area contributed by atoms with Gasteiger partial charge in [-0.2, -0.15) is 0 Å². The second kappa shape index (κ2) is 10.6. The minimum Gasteiger partial charge on any atom is -0.298 e. The fourth-order valence-electron chi connectivity index (χ4n) is 4.64. The maximum absolute atomic E-state index is 12.7. The molecule has 1 aromatic carbocycles. The normalized spacial score (nSPS) is 22.7. The summed E-state index contributed by atoms with van der Waals surface area (Å²) in [6.07, 6.45) is 10.9. The van der Waals surface area contributed by atoms with Crippen molar-refractivity contribution >= 4 is 16.1 Å². The molecule has 1 aliphatic carbocycles. The van der Waals surface area contributed by atoms with Crippen molar-refractivity contribution in [3.05, 3.63) is 64.8 Å². The SMILES string of the molecule is C/C(C=O)=C\CC1=CC[C@@H](C(C)C)[C@]1(C)CC/C(C)=C/CS(=O)(=O)c1ccc(C)cc1. The largest absolute Gasteiger partial charge is 0.298 e. The van der Waals surface area contributed by atoms with Crippen molar-refractivity contribution < 1.29 is 13.2 Å². The molecule has 0 aliphatic heterocycles. The molecule has 0 radical (unpaired) electrons. The molecule has 0 amide bonds. The van der Waals surface area contributed by atoms with Crippen LogP contribution < -0.4 is 0 Å². The lowest BCUT2D eigenvalue weighted by atomic mass is 9.67. The van der Waals surface area contributed by atoms with Gasteiger partial charge >= 0.3 is 0 Å². The van der Waals surface area contributed by atoms with Gasteiger partial charge in [0.05, 0.1) is 10.6 Å². The minimum absolute atomic E-state index is 0.0379. The number of sulfone groups is 1. The quantitative estimate of drug-likeness (QED) is 0.232. The highest BCUT2D eigenvalue weighted by molar-refractivity contribution is 7.91. The third kappa shape index (κ3) is 6.52. The van der Waals surface area contributed by atoms with Crippen molar-refractivity contribution in [2.45, 2.75) is 72.1 Å². The molecule has 0 spiro atoms. The summed E-state index contributed by atoms with van der Waals surface area (Å²) in [6, 6.07) is 7.05. The van der Waals surface area contributed by atoms with Crippen molar-refractivity contribution in [1.82, 2.24) is 0 Å². The molecule has 4 heteroatoms. The predicted molar refractivity (Wildman–Crippen MR) is 130 cm³/mol. The van der Waals surface area contributed by atoms with Crippen molar-refractivity contribution in [2.24, 2.45) is 17.3 Å². The second-order valence-electron chi connectivity index (χ2n) is 9.65. The highest BCUT2D eigenvalue weighted by atomic mass is 32.2. The summed E-state index contributed by atoms with van der Waals surface area (Å²) < 4.78 is 25.3. The fraction of sp³-hybridized carbons (Fsp3) is 0.519. The molecular formula is C27H38O3S. The molecule has 170 valence electrons. The zero-order valence-corrected chi connectivity index (χ0v) is 20.8. The number of hydrogen-bond donors (Lipinski definition) is 0. The summed E-state index contributed by atoms with van der Waals surface area (Å²) >= 11 is 0. The average Bonchev–Trinajstić information content (AvgIpc) is 3.06. The van der Waals surface area contributed by atoms with Crippen LogP contribution in [0.25, 0.3) is 0 Å². The lowest BCUT2D eigenvalue weighted by Crippen LogP contribution is -2.29. The van der Waals surface area contributed by atoms with Crippen LogP contribution in [0.3, 0.4) is 0 Å². The zero-order valence-electron chi connectivity index (χ0n) is 19.9. The molecule has 3 nitrogen and oxygen atoms in total. The Morgan fingerprint density at radius 2 is 1.81 bits per heavy atom. The maximum Gasteiger partial charge on any atom is 0.181 e. The zero-order chi connectivity index (χ0) is 23.2. The number of aldehydes is 1. The smallest absolute Gasteiger partial charge is 0.181 e. The molecule has 0 saturated heterocycles. The van der Waals surface area contributed by atoms with E-state index in [0.717, 1.165) is 48.7 Å². The lowest BCUT2D eigenvalue weighted by molar-refractivity contribution is -0.104. The third-order valence-corrected chi connectivity index (χ3v) is 8.47. The molecule has 1 aromatic rings. The number of allylic oxidation sites excluding steroid dienone is 5. The van der Waals surface area contributed by atoms with Crippen LogP contribution >= 0.6 is 0 Å². The van der Waals surface area contributed by atoms with E-state index < -0.39 is 9.84 Å². The first-order valence-corrected chi connectivity index (χ1v) is 12.9. The van der Waals surface area contributed by atoms with Gasteiger partial charge < -0.3 is 0 Å². The van der Waals surface area contributed by atoms with E-state index in [9.17, 15) is 13.2 Å². The number of rotatable bonds is 10. The van der Waals surface area contributed by atoms with Crippen LogP contribution in [0.15, 0.2) is 64.1 Å². The van der Waals surface area contributed by atoms with Gasteiger partial charge in [-0.05, 0) is 81.4 Å². The maximum atomic E-state index is 12.7. The first kappa shape index (κ1) is 25.3. The molecule has 2 rings (SSSR count). The molecule has 0 bridgehead atoms. The van der Waals surface area contributed by atoms with Gasteiger partial charge in [0.2, 0.25) is 0 Å². The highest BCUT2D eigenvalue weighted by Crippen LogP contribution is 2.52. The van der Waals surface area contributed by atoms with E-state index in [1.54, 1.807) is 12.1 Å². The number of benzene rings is 1. The standard InChI is InChI=1S/C27H38O3S/c1-20(2)26-14-11-24(10-7-23(5)19-28)27(26,6)17-15-22(4)16-18-31(29,30)25-12-8-21(3)9-13-25/h7-9,11-13,16,19-20,26H,10,14-15,17-18H2,1-6H3/b22-16+,23-7+/t26-,27+/m0/s1. The molecule has 0 fully saturated rings. The number of carbonyl (C=O) groups is 1. The number of hydrogen-bond acceptors (Lipinski definition) is 3. The predicted octanol–water partition coefficient (Wildman–Crippen LogP) is 6.64. The average molecular weight is 443 g/mol. The molecule has 1 aliphatic rings. The van der Waals surface area contributed by atoms with Crippen LogP contribution in [-0.4, -0.2) is 20.5 Å². The van der Waals surface area contributed by atoms with Crippen molar-refractivity contribution in [1.29, 1.82) is 0 Å².